The average molecular weight is 266 g/mol. The van der Waals surface area contributed by atoms with E-state index < -0.39 is 15.3 Å². The van der Waals surface area contributed by atoms with Crippen molar-refractivity contribution >= 4 is 37.7 Å². The van der Waals surface area contributed by atoms with Crippen LogP contribution >= 0.6 is 0 Å². The van der Waals surface area contributed by atoms with Crippen molar-refractivity contribution in [3.8, 4) is 0 Å². The SMILES string of the molecule is N.O=[N+]([O-])[O-].O=[N+]([O-])[O-].O=[N+]([O-])[O-].[Ca+2].[Na+]. The summed E-state index contributed by atoms with van der Waals surface area (Å²) in [4.78, 5) is 24.8. The molecule has 0 saturated carbocycles. The molecule has 0 aromatic rings. The molecule has 0 bridgehead atoms. The molecule has 0 spiro atoms. The van der Waals surface area contributed by atoms with Crippen LogP contribution in [0.2, 0.25) is 0 Å². The molecular formula is H3CaN4NaO9. The van der Waals surface area contributed by atoms with E-state index >= 15 is 0 Å². The second-order valence-corrected chi connectivity index (χ2v) is 0.671. The van der Waals surface area contributed by atoms with E-state index in [2.05, 4.69) is 0 Å². The van der Waals surface area contributed by atoms with Gasteiger partial charge in [-0.3, -0.25) is 0 Å². The summed E-state index contributed by atoms with van der Waals surface area (Å²) >= 11 is 0. The van der Waals surface area contributed by atoms with E-state index in [1.165, 1.54) is 0 Å². The molecule has 0 unspecified atom stereocenters. The summed E-state index contributed by atoms with van der Waals surface area (Å²) in [6.45, 7) is 0. The summed E-state index contributed by atoms with van der Waals surface area (Å²) in [5.74, 6) is 0. The Morgan fingerprint density at radius 2 is 0.600 bits per heavy atom. The maximum Gasteiger partial charge on any atom is 2.00 e. The monoisotopic (exact) mass is 266 g/mol. The Hall–Kier alpha value is -0.180. The Bertz CT molecular complexity index is 120. The third-order valence-corrected chi connectivity index (χ3v) is 0. The van der Waals surface area contributed by atoms with Crippen LogP contribution < -0.4 is 35.7 Å². The summed E-state index contributed by atoms with van der Waals surface area (Å²) in [6.07, 6.45) is 0. The van der Waals surface area contributed by atoms with Gasteiger partial charge in [-0.15, -0.1) is 0 Å². The Balaban J connectivity index is -0.0000000184. The van der Waals surface area contributed by atoms with Crippen molar-refractivity contribution in [3.63, 3.8) is 0 Å². The van der Waals surface area contributed by atoms with Crippen LogP contribution in [0.15, 0.2) is 0 Å². The third kappa shape index (κ3) is 59400. The molecule has 0 rings (SSSR count). The van der Waals surface area contributed by atoms with Crippen molar-refractivity contribution in [1.29, 1.82) is 0 Å². The topological polar surface area (TPSA) is 234 Å². The second kappa shape index (κ2) is 29.2. The van der Waals surface area contributed by atoms with E-state index in [9.17, 15) is 0 Å². The van der Waals surface area contributed by atoms with E-state index in [-0.39, 0.29) is 73.4 Å². The van der Waals surface area contributed by atoms with Gasteiger partial charge in [-0.1, -0.05) is 0 Å². The van der Waals surface area contributed by atoms with Crippen molar-refractivity contribution < 1.29 is 44.8 Å². The molecule has 15 heteroatoms. The van der Waals surface area contributed by atoms with E-state index in [4.69, 9.17) is 46.0 Å². The molecule has 0 aliphatic carbocycles. The first-order valence-corrected chi connectivity index (χ1v) is 1.64. The van der Waals surface area contributed by atoms with Crippen molar-refractivity contribution in [2.45, 2.75) is 0 Å². The molecule has 0 fully saturated rings. The maximum atomic E-state index is 8.25. The normalized spacial score (nSPS) is 4.80. The standard InChI is InChI=1S/Ca.3NO3.H3N.Na/c;3*2-1(3)4;;/h;;;;1H3;/q+2;3*-1;;+1. The Morgan fingerprint density at radius 1 is 0.600 bits per heavy atom. The molecule has 0 saturated heterocycles. The van der Waals surface area contributed by atoms with Gasteiger partial charge in [-0.2, -0.15) is 0 Å². The minimum Gasteiger partial charge on any atom is -0.356 e. The van der Waals surface area contributed by atoms with Crippen LogP contribution in [0.1, 0.15) is 0 Å². The van der Waals surface area contributed by atoms with E-state index in [1.807, 2.05) is 0 Å². The smallest absolute Gasteiger partial charge is 0.356 e. The maximum absolute atomic E-state index is 8.25. The average Bonchev–Trinajstić information content (AvgIpc) is 1.54. The van der Waals surface area contributed by atoms with E-state index in [1.54, 1.807) is 0 Å². The Morgan fingerprint density at radius 3 is 0.600 bits per heavy atom. The first-order chi connectivity index (χ1) is 5.20. The number of rotatable bonds is 0. The molecule has 0 aromatic heterocycles. The quantitative estimate of drug-likeness (QED) is 0.253. The summed E-state index contributed by atoms with van der Waals surface area (Å²) in [5, 5.41) is 44.2. The number of nitrogens with zero attached hydrogens (tertiary/aromatic N) is 3. The van der Waals surface area contributed by atoms with Crippen LogP contribution in [0, 0.1) is 46.0 Å². The molecule has 13 nitrogen and oxygen atoms in total. The van der Waals surface area contributed by atoms with Gasteiger partial charge in [0.05, 0.1) is 15.3 Å². The van der Waals surface area contributed by atoms with Gasteiger partial charge in [0.25, 0.3) is 0 Å². The van der Waals surface area contributed by atoms with Gasteiger partial charge in [0.15, 0.2) is 0 Å². The van der Waals surface area contributed by atoms with Crippen LogP contribution in [-0.4, -0.2) is 53.0 Å². The summed E-state index contributed by atoms with van der Waals surface area (Å²) in [7, 11) is 0. The molecule has 0 heterocycles. The summed E-state index contributed by atoms with van der Waals surface area (Å²) in [6, 6.07) is 0. The van der Waals surface area contributed by atoms with Crippen molar-refractivity contribution in [2.75, 3.05) is 0 Å². The van der Waals surface area contributed by atoms with Crippen LogP contribution in [0.4, 0.5) is 0 Å². The van der Waals surface area contributed by atoms with Gasteiger partial charge in [-0.05, 0) is 0 Å². The first kappa shape index (κ1) is 36.4. The molecule has 15 heavy (non-hydrogen) atoms. The molecule has 0 aromatic carbocycles. The van der Waals surface area contributed by atoms with Gasteiger partial charge in [-0.25, -0.2) is 0 Å². The largest absolute Gasteiger partial charge is 2.00 e. The Kier molecular flexibility index (Phi) is 70.8. The minimum absolute atomic E-state index is 0. The van der Waals surface area contributed by atoms with E-state index in [0.29, 0.717) is 0 Å². The van der Waals surface area contributed by atoms with Crippen molar-refractivity contribution in [2.24, 2.45) is 0 Å². The molecule has 0 aliphatic heterocycles. The van der Waals surface area contributed by atoms with Crippen LogP contribution in [0.5, 0.6) is 0 Å². The third-order valence-electron chi connectivity index (χ3n) is 0. The first-order valence-electron chi connectivity index (χ1n) is 1.64. The van der Waals surface area contributed by atoms with Crippen LogP contribution in [0.3, 0.4) is 0 Å². The molecule has 0 amide bonds. The predicted octanol–water partition coefficient (Wildman–Crippen LogP) is -3.93. The fourth-order valence-electron chi connectivity index (χ4n) is 0. The van der Waals surface area contributed by atoms with Crippen molar-refractivity contribution in [3.05, 3.63) is 46.0 Å². The summed E-state index contributed by atoms with van der Waals surface area (Å²) < 4.78 is 0. The number of hydrogen-bond acceptors (Lipinski definition) is 10. The zero-order chi connectivity index (χ0) is 10.7. The summed E-state index contributed by atoms with van der Waals surface area (Å²) in [5.41, 5.74) is 0. The minimum atomic E-state index is -1.75. The van der Waals surface area contributed by atoms with Gasteiger partial charge < -0.3 is 52.1 Å². The second-order valence-electron chi connectivity index (χ2n) is 0.671. The zero-order valence-electron chi connectivity index (χ0n) is 7.43. The van der Waals surface area contributed by atoms with Gasteiger partial charge in [0.1, 0.15) is 0 Å². The molecule has 0 radical (unpaired) electrons. The fourth-order valence-corrected chi connectivity index (χ4v) is 0. The van der Waals surface area contributed by atoms with Crippen LogP contribution in [-0.2, 0) is 0 Å². The molecule has 0 aliphatic rings. The molecular weight excluding hydrogens is 263 g/mol. The molecule has 3 N–H and O–H groups in total. The van der Waals surface area contributed by atoms with Gasteiger partial charge >= 0.3 is 67.3 Å². The van der Waals surface area contributed by atoms with E-state index in [0.717, 1.165) is 0 Å². The van der Waals surface area contributed by atoms with Crippen molar-refractivity contribution in [1.82, 2.24) is 6.15 Å². The predicted molar refractivity (Wildman–Crippen MR) is 41.9 cm³/mol. The zero-order valence-corrected chi connectivity index (χ0v) is 11.6. The fraction of sp³-hybridized carbons (Fsp3) is 0. The molecule has 80 valence electrons. The van der Waals surface area contributed by atoms with Gasteiger partial charge in [0, 0.05) is 0 Å². The Labute approximate surface area is 133 Å². The number of hydrogen-bond donors (Lipinski definition) is 1. The van der Waals surface area contributed by atoms with Gasteiger partial charge in [0.2, 0.25) is 0 Å². The van der Waals surface area contributed by atoms with Crippen LogP contribution in [0.25, 0.3) is 0 Å². The molecule has 0 atom stereocenters.